The number of allylic oxidation sites excluding steroid dienone is 2. The molecule has 8 heteroatoms. The van der Waals surface area contributed by atoms with Gasteiger partial charge in [0, 0.05) is 22.9 Å². The molecule has 2 aromatic rings. The Morgan fingerprint density at radius 3 is 2.78 bits per heavy atom. The van der Waals surface area contributed by atoms with Crippen LogP contribution in [0.2, 0.25) is 0 Å². The van der Waals surface area contributed by atoms with Gasteiger partial charge in [0.1, 0.15) is 0 Å². The number of aryl methyl sites for hydroxylation is 2. The Bertz CT molecular complexity index is 842. The highest BCUT2D eigenvalue weighted by molar-refractivity contribution is 7.15. The van der Waals surface area contributed by atoms with Gasteiger partial charge in [-0.15, -0.1) is 11.3 Å². The fraction of sp³-hybridized carbons (Fsp3) is 0.267. The van der Waals surface area contributed by atoms with E-state index in [0.29, 0.717) is 11.4 Å². The number of nitrogens with zero attached hydrogens (tertiary/aromatic N) is 4. The van der Waals surface area contributed by atoms with Crippen molar-refractivity contribution in [1.82, 2.24) is 15.0 Å². The fourth-order valence-corrected chi connectivity index (χ4v) is 3.47. The van der Waals surface area contributed by atoms with Crippen molar-refractivity contribution >= 4 is 11.3 Å². The lowest BCUT2D eigenvalue weighted by Crippen LogP contribution is -2.38. The first-order chi connectivity index (χ1) is 10.9. The highest BCUT2D eigenvalue weighted by atomic mass is 32.1. The summed E-state index contributed by atoms with van der Waals surface area (Å²) in [6.07, 6.45) is 6.33. The molecule has 23 heavy (non-hydrogen) atoms. The molecule has 0 fully saturated rings. The van der Waals surface area contributed by atoms with Crippen molar-refractivity contribution in [3.63, 3.8) is 0 Å². The summed E-state index contributed by atoms with van der Waals surface area (Å²) in [5.41, 5.74) is 6.20. The molecule has 2 N–H and O–H groups in total. The highest BCUT2D eigenvalue weighted by Crippen LogP contribution is 2.35. The summed E-state index contributed by atoms with van der Waals surface area (Å²) in [7, 11) is 0. The average Bonchev–Trinajstić information content (AvgIpc) is 2.86. The second-order valence-electron chi connectivity index (χ2n) is 5.37. The summed E-state index contributed by atoms with van der Waals surface area (Å²) in [6, 6.07) is 1.74. The zero-order valence-corrected chi connectivity index (χ0v) is 13.5. The summed E-state index contributed by atoms with van der Waals surface area (Å²) in [5, 5.41) is 12.6. The molecule has 1 aliphatic rings. The van der Waals surface area contributed by atoms with Crippen molar-refractivity contribution < 1.29 is 4.92 Å². The predicted octanol–water partition coefficient (Wildman–Crippen LogP) is 2.49. The second kappa shape index (κ2) is 5.54. The number of rotatable bonds is 3. The minimum atomic E-state index is -1.53. The Morgan fingerprint density at radius 2 is 2.17 bits per heavy atom. The molecule has 0 bridgehead atoms. The summed E-state index contributed by atoms with van der Waals surface area (Å²) < 4.78 is 0. The van der Waals surface area contributed by atoms with Crippen LogP contribution >= 0.6 is 11.3 Å². The normalized spacial score (nSPS) is 20.3. The van der Waals surface area contributed by atoms with E-state index in [1.54, 1.807) is 24.4 Å². The lowest BCUT2D eigenvalue weighted by atomic mass is 9.89. The largest absolute Gasteiger partial charge is 0.402 e. The quantitative estimate of drug-likeness (QED) is 0.684. The standard InChI is InChI=1S/C15H15N5O2S/c1-9-13(23-10(2)18-9)12-5-7-17-14(19-12)15(20(21)22)6-3-4-11(16)8-15/h3-7H,8,16H2,1-2H3. The SMILES string of the molecule is Cc1nc(C)c(-c2ccnc(C3([N+](=O)[O-])C=CC=C(N)C3)n2)s1. The Hall–Kier alpha value is -2.61. The van der Waals surface area contributed by atoms with E-state index in [1.807, 2.05) is 13.8 Å². The Kier molecular flexibility index (Phi) is 3.69. The van der Waals surface area contributed by atoms with Gasteiger partial charge in [-0.25, -0.2) is 15.0 Å². The number of nitro groups is 1. The van der Waals surface area contributed by atoms with Crippen LogP contribution in [0.25, 0.3) is 10.6 Å². The van der Waals surface area contributed by atoms with Crippen LogP contribution in [0.1, 0.15) is 22.9 Å². The zero-order chi connectivity index (χ0) is 16.6. The molecule has 118 valence electrons. The number of thiazole rings is 1. The van der Waals surface area contributed by atoms with Crippen molar-refractivity contribution in [3.8, 4) is 10.6 Å². The number of hydrogen-bond acceptors (Lipinski definition) is 7. The summed E-state index contributed by atoms with van der Waals surface area (Å²) >= 11 is 1.51. The van der Waals surface area contributed by atoms with Gasteiger partial charge in [-0.3, -0.25) is 10.1 Å². The van der Waals surface area contributed by atoms with Crippen LogP contribution in [0.15, 0.2) is 36.2 Å². The molecule has 3 rings (SSSR count). The van der Waals surface area contributed by atoms with Crippen LogP contribution in [-0.2, 0) is 5.54 Å². The number of aromatic nitrogens is 3. The molecule has 7 nitrogen and oxygen atoms in total. The van der Waals surface area contributed by atoms with Gasteiger partial charge in [0.05, 0.1) is 27.7 Å². The second-order valence-corrected chi connectivity index (χ2v) is 6.57. The molecule has 0 amide bonds. The van der Waals surface area contributed by atoms with Gasteiger partial charge < -0.3 is 5.73 Å². The highest BCUT2D eigenvalue weighted by Gasteiger charge is 2.47. The molecular weight excluding hydrogens is 314 g/mol. The van der Waals surface area contributed by atoms with E-state index < -0.39 is 5.54 Å². The van der Waals surface area contributed by atoms with Crippen molar-refractivity contribution in [3.05, 3.63) is 62.8 Å². The maximum absolute atomic E-state index is 11.7. The van der Waals surface area contributed by atoms with Gasteiger partial charge in [-0.1, -0.05) is 6.08 Å². The molecule has 0 saturated carbocycles. The van der Waals surface area contributed by atoms with Gasteiger partial charge in [-0.05, 0) is 26.0 Å². The lowest BCUT2D eigenvalue weighted by molar-refractivity contribution is -0.565. The third kappa shape index (κ3) is 2.61. The smallest absolute Gasteiger partial charge is 0.304 e. The third-order valence-corrected chi connectivity index (χ3v) is 4.76. The fourth-order valence-electron chi connectivity index (χ4n) is 2.58. The predicted molar refractivity (Wildman–Crippen MR) is 87.3 cm³/mol. The van der Waals surface area contributed by atoms with Crippen LogP contribution < -0.4 is 5.73 Å². The maximum atomic E-state index is 11.7. The topological polar surface area (TPSA) is 108 Å². The molecule has 0 radical (unpaired) electrons. The summed E-state index contributed by atoms with van der Waals surface area (Å²) in [4.78, 5) is 25.2. The molecule has 1 unspecified atom stereocenters. The molecule has 1 aliphatic carbocycles. The molecule has 0 aromatic carbocycles. The summed E-state index contributed by atoms with van der Waals surface area (Å²) in [5.74, 6) is 0.137. The first-order valence-electron chi connectivity index (χ1n) is 6.99. The van der Waals surface area contributed by atoms with Crippen molar-refractivity contribution in [1.29, 1.82) is 0 Å². The minimum absolute atomic E-state index is 0.0562. The zero-order valence-electron chi connectivity index (χ0n) is 12.7. The Labute approximate surface area is 136 Å². The Morgan fingerprint density at radius 1 is 1.39 bits per heavy atom. The van der Waals surface area contributed by atoms with Gasteiger partial charge in [0.15, 0.2) is 0 Å². The van der Waals surface area contributed by atoms with Crippen LogP contribution in [0.3, 0.4) is 0 Å². The van der Waals surface area contributed by atoms with E-state index in [-0.39, 0.29) is 17.2 Å². The Balaban J connectivity index is 2.12. The van der Waals surface area contributed by atoms with Crippen molar-refractivity contribution in [2.75, 3.05) is 0 Å². The van der Waals surface area contributed by atoms with Gasteiger partial charge >= 0.3 is 5.54 Å². The number of nitrogens with two attached hydrogens (primary N) is 1. The molecule has 2 heterocycles. The first-order valence-corrected chi connectivity index (χ1v) is 7.80. The van der Waals surface area contributed by atoms with Gasteiger partial charge in [0.25, 0.3) is 0 Å². The molecule has 2 aromatic heterocycles. The minimum Gasteiger partial charge on any atom is -0.402 e. The molecule has 0 aliphatic heterocycles. The van der Waals surface area contributed by atoms with E-state index in [4.69, 9.17) is 5.73 Å². The monoisotopic (exact) mass is 329 g/mol. The van der Waals surface area contributed by atoms with Crippen molar-refractivity contribution in [2.24, 2.45) is 5.73 Å². The van der Waals surface area contributed by atoms with Crippen molar-refractivity contribution in [2.45, 2.75) is 25.8 Å². The number of hydrogen-bond donors (Lipinski definition) is 1. The van der Waals surface area contributed by atoms with E-state index >= 15 is 0 Å². The molecular formula is C15H15N5O2S. The summed E-state index contributed by atoms with van der Waals surface area (Å²) in [6.45, 7) is 3.81. The van der Waals surface area contributed by atoms with Crippen LogP contribution in [0, 0.1) is 24.0 Å². The molecule has 0 saturated heterocycles. The van der Waals surface area contributed by atoms with E-state index in [2.05, 4.69) is 15.0 Å². The van der Waals surface area contributed by atoms with Crippen LogP contribution in [0.4, 0.5) is 0 Å². The van der Waals surface area contributed by atoms with E-state index in [1.165, 1.54) is 17.4 Å². The lowest BCUT2D eigenvalue weighted by Gasteiger charge is -2.23. The molecule has 0 spiro atoms. The van der Waals surface area contributed by atoms with E-state index in [0.717, 1.165) is 15.6 Å². The molecule has 1 atom stereocenters. The first kappa shape index (κ1) is 15.3. The average molecular weight is 329 g/mol. The maximum Gasteiger partial charge on any atom is 0.304 e. The third-order valence-electron chi connectivity index (χ3n) is 3.66. The van der Waals surface area contributed by atoms with Crippen LogP contribution in [-0.4, -0.2) is 19.9 Å². The van der Waals surface area contributed by atoms with Gasteiger partial charge in [0.2, 0.25) is 5.82 Å². The van der Waals surface area contributed by atoms with Gasteiger partial charge in [-0.2, -0.15) is 0 Å². The van der Waals surface area contributed by atoms with Crippen LogP contribution in [0.5, 0.6) is 0 Å². The van der Waals surface area contributed by atoms with E-state index in [9.17, 15) is 10.1 Å².